The number of aryl methyl sites for hydroxylation is 1. The zero-order chi connectivity index (χ0) is 14.7. The molecule has 3 rings (SSSR count). The fourth-order valence-electron chi connectivity index (χ4n) is 2.54. The van der Waals surface area contributed by atoms with E-state index in [-0.39, 0.29) is 0 Å². The van der Waals surface area contributed by atoms with Crippen molar-refractivity contribution in [3.63, 3.8) is 0 Å². The summed E-state index contributed by atoms with van der Waals surface area (Å²) in [4.78, 5) is 9.36. The van der Waals surface area contributed by atoms with E-state index in [0.717, 1.165) is 55.7 Å². The first kappa shape index (κ1) is 14.1. The molecule has 1 aliphatic rings. The van der Waals surface area contributed by atoms with Crippen molar-refractivity contribution < 1.29 is 0 Å². The van der Waals surface area contributed by atoms with Gasteiger partial charge in [0.25, 0.3) is 0 Å². The molecule has 21 heavy (non-hydrogen) atoms. The molecule has 1 saturated heterocycles. The number of anilines is 3. The molecule has 6 heteroatoms. The summed E-state index contributed by atoms with van der Waals surface area (Å²) in [7, 11) is 0. The molecule has 1 fully saturated rings. The second-order valence-corrected chi connectivity index (χ2v) is 6.04. The van der Waals surface area contributed by atoms with Crippen LogP contribution in [0.1, 0.15) is 19.2 Å². The van der Waals surface area contributed by atoms with E-state index in [9.17, 15) is 0 Å². The molecule has 2 aromatic rings. The SMILES string of the molecule is CCCc1nsc(N2CCN(c3ccc(N)cc3)CC2)n1. The lowest BCUT2D eigenvalue weighted by molar-refractivity contribution is 0.651. The van der Waals surface area contributed by atoms with Crippen LogP contribution >= 0.6 is 11.5 Å². The zero-order valence-electron chi connectivity index (χ0n) is 12.3. The van der Waals surface area contributed by atoms with Gasteiger partial charge in [0.05, 0.1) is 0 Å². The van der Waals surface area contributed by atoms with Gasteiger partial charge in [-0.3, -0.25) is 0 Å². The van der Waals surface area contributed by atoms with Gasteiger partial charge in [-0.15, -0.1) is 0 Å². The molecule has 1 aliphatic heterocycles. The second-order valence-electron chi connectivity index (χ2n) is 5.31. The Morgan fingerprint density at radius 2 is 1.76 bits per heavy atom. The van der Waals surface area contributed by atoms with Gasteiger partial charge < -0.3 is 15.5 Å². The molecular weight excluding hydrogens is 282 g/mol. The van der Waals surface area contributed by atoms with Crippen molar-refractivity contribution in [3.8, 4) is 0 Å². The Balaban J connectivity index is 1.60. The molecule has 1 aromatic heterocycles. The third-order valence-corrected chi connectivity index (χ3v) is 4.55. The van der Waals surface area contributed by atoms with Gasteiger partial charge in [-0.2, -0.15) is 4.37 Å². The number of benzene rings is 1. The maximum atomic E-state index is 5.74. The predicted molar refractivity (Wildman–Crippen MR) is 89.2 cm³/mol. The smallest absolute Gasteiger partial charge is 0.205 e. The fourth-order valence-corrected chi connectivity index (χ4v) is 3.30. The number of piperazine rings is 1. The number of nitrogens with zero attached hydrogens (tertiary/aromatic N) is 4. The topological polar surface area (TPSA) is 58.3 Å². The number of nitrogens with two attached hydrogens (primary N) is 1. The first-order valence-corrected chi connectivity index (χ1v) is 8.21. The van der Waals surface area contributed by atoms with Gasteiger partial charge in [0.15, 0.2) is 0 Å². The summed E-state index contributed by atoms with van der Waals surface area (Å²) >= 11 is 1.52. The van der Waals surface area contributed by atoms with E-state index < -0.39 is 0 Å². The van der Waals surface area contributed by atoms with Crippen LogP contribution in [-0.2, 0) is 6.42 Å². The maximum absolute atomic E-state index is 5.74. The van der Waals surface area contributed by atoms with Crippen LogP contribution in [0, 0.1) is 0 Å². The van der Waals surface area contributed by atoms with Crippen LogP contribution in [0.4, 0.5) is 16.5 Å². The van der Waals surface area contributed by atoms with E-state index in [1.54, 1.807) is 0 Å². The Hall–Kier alpha value is -1.82. The highest BCUT2D eigenvalue weighted by Gasteiger charge is 2.20. The lowest BCUT2D eigenvalue weighted by Crippen LogP contribution is -2.46. The van der Waals surface area contributed by atoms with Gasteiger partial charge in [-0.1, -0.05) is 6.92 Å². The lowest BCUT2D eigenvalue weighted by Gasteiger charge is -2.35. The number of aromatic nitrogens is 2. The molecule has 2 heterocycles. The van der Waals surface area contributed by atoms with Crippen LogP contribution in [0.5, 0.6) is 0 Å². The highest BCUT2D eigenvalue weighted by atomic mass is 32.1. The molecule has 0 saturated carbocycles. The normalized spacial score (nSPS) is 15.5. The third kappa shape index (κ3) is 3.26. The Labute approximate surface area is 129 Å². The van der Waals surface area contributed by atoms with Crippen molar-refractivity contribution in [2.45, 2.75) is 19.8 Å². The van der Waals surface area contributed by atoms with Crippen LogP contribution in [0.3, 0.4) is 0 Å². The molecule has 2 N–H and O–H groups in total. The zero-order valence-corrected chi connectivity index (χ0v) is 13.1. The monoisotopic (exact) mass is 303 g/mol. The minimum Gasteiger partial charge on any atom is -0.399 e. The molecule has 0 aliphatic carbocycles. The van der Waals surface area contributed by atoms with E-state index in [1.807, 2.05) is 12.1 Å². The average molecular weight is 303 g/mol. The molecule has 5 nitrogen and oxygen atoms in total. The molecule has 112 valence electrons. The maximum Gasteiger partial charge on any atom is 0.205 e. The van der Waals surface area contributed by atoms with Gasteiger partial charge in [0.2, 0.25) is 5.13 Å². The Morgan fingerprint density at radius 3 is 2.43 bits per heavy atom. The first-order valence-electron chi connectivity index (χ1n) is 7.44. The van der Waals surface area contributed by atoms with Crippen LogP contribution in [-0.4, -0.2) is 35.5 Å². The third-order valence-electron chi connectivity index (χ3n) is 3.74. The van der Waals surface area contributed by atoms with Gasteiger partial charge in [-0.05, 0) is 30.7 Å². The summed E-state index contributed by atoms with van der Waals surface area (Å²) in [5.74, 6) is 0.985. The van der Waals surface area contributed by atoms with Gasteiger partial charge in [0.1, 0.15) is 5.82 Å². The fraction of sp³-hybridized carbons (Fsp3) is 0.467. The summed E-state index contributed by atoms with van der Waals surface area (Å²) in [5.41, 5.74) is 7.80. The Morgan fingerprint density at radius 1 is 1.10 bits per heavy atom. The molecule has 0 spiro atoms. The van der Waals surface area contributed by atoms with Crippen molar-refractivity contribution in [1.29, 1.82) is 0 Å². The van der Waals surface area contributed by atoms with Crippen LogP contribution < -0.4 is 15.5 Å². The quantitative estimate of drug-likeness (QED) is 0.879. The summed E-state index contributed by atoms with van der Waals surface area (Å²) in [6, 6.07) is 8.11. The summed E-state index contributed by atoms with van der Waals surface area (Å²) in [6.07, 6.45) is 2.07. The van der Waals surface area contributed by atoms with Crippen molar-refractivity contribution >= 4 is 28.0 Å². The minimum atomic E-state index is 0.815. The average Bonchev–Trinajstić information content (AvgIpc) is 2.97. The van der Waals surface area contributed by atoms with Gasteiger partial charge in [-0.25, -0.2) is 4.98 Å². The highest BCUT2D eigenvalue weighted by Crippen LogP contribution is 2.22. The molecule has 0 amide bonds. The summed E-state index contributed by atoms with van der Waals surface area (Å²) in [5, 5.41) is 1.07. The van der Waals surface area contributed by atoms with E-state index in [2.05, 4.69) is 38.2 Å². The van der Waals surface area contributed by atoms with Crippen molar-refractivity contribution in [3.05, 3.63) is 30.1 Å². The molecule has 0 atom stereocenters. The summed E-state index contributed by atoms with van der Waals surface area (Å²) < 4.78 is 4.43. The Kier molecular flexibility index (Phi) is 4.24. The molecular formula is C15H21N5S. The van der Waals surface area contributed by atoms with Crippen molar-refractivity contribution in [1.82, 2.24) is 9.36 Å². The largest absolute Gasteiger partial charge is 0.399 e. The van der Waals surface area contributed by atoms with E-state index in [1.165, 1.54) is 17.2 Å². The van der Waals surface area contributed by atoms with Crippen LogP contribution in [0.25, 0.3) is 0 Å². The van der Waals surface area contributed by atoms with E-state index in [4.69, 9.17) is 5.73 Å². The number of nitrogen functional groups attached to an aromatic ring is 1. The number of rotatable bonds is 4. The highest BCUT2D eigenvalue weighted by molar-refractivity contribution is 7.09. The first-order chi connectivity index (χ1) is 10.3. The molecule has 1 aromatic carbocycles. The van der Waals surface area contributed by atoms with E-state index >= 15 is 0 Å². The number of hydrogen-bond donors (Lipinski definition) is 1. The lowest BCUT2D eigenvalue weighted by atomic mass is 10.2. The molecule has 0 unspecified atom stereocenters. The molecule has 0 radical (unpaired) electrons. The Bertz CT molecular complexity index is 572. The van der Waals surface area contributed by atoms with Crippen molar-refractivity contribution in [2.24, 2.45) is 0 Å². The predicted octanol–water partition coefficient (Wildman–Crippen LogP) is 2.40. The minimum absolute atomic E-state index is 0.815. The van der Waals surface area contributed by atoms with Crippen LogP contribution in [0.15, 0.2) is 24.3 Å². The standard InChI is InChI=1S/C15H21N5S/c1-2-3-14-17-15(21-18-14)20-10-8-19(9-11-20)13-6-4-12(16)5-7-13/h4-7H,2-3,8-11,16H2,1H3. The molecule has 0 bridgehead atoms. The summed E-state index contributed by atoms with van der Waals surface area (Å²) in [6.45, 7) is 6.15. The number of hydrogen-bond acceptors (Lipinski definition) is 6. The van der Waals surface area contributed by atoms with E-state index in [0.29, 0.717) is 0 Å². The van der Waals surface area contributed by atoms with Gasteiger partial charge in [0, 0.05) is 55.5 Å². The van der Waals surface area contributed by atoms with Crippen molar-refractivity contribution in [2.75, 3.05) is 41.7 Å². The second kappa shape index (κ2) is 6.30. The van der Waals surface area contributed by atoms with Crippen LogP contribution in [0.2, 0.25) is 0 Å². The van der Waals surface area contributed by atoms with Gasteiger partial charge >= 0.3 is 0 Å².